The van der Waals surface area contributed by atoms with E-state index in [2.05, 4.69) is 64.5 Å². The molecule has 0 bridgehead atoms. The molecule has 5 heteroatoms. The van der Waals surface area contributed by atoms with E-state index in [4.69, 9.17) is 9.72 Å². The molecule has 0 N–H and O–H groups in total. The molecule has 3 heterocycles. The lowest BCUT2D eigenvalue weighted by atomic mass is 9.93. The number of hydrogen-bond donors (Lipinski definition) is 0. The van der Waals surface area contributed by atoms with E-state index in [1.807, 2.05) is 0 Å². The standard InChI is InChI=1S/C15H20BrN3O/c1-15(2,3)13-10-19-9-11(16)8-12(14(19)17-13)18-4-6-20-7-5-18/h8-10H,4-7H2,1-3H3. The quantitative estimate of drug-likeness (QED) is 0.800. The van der Waals surface area contributed by atoms with Crippen LogP contribution in [0.1, 0.15) is 26.5 Å². The molecule has 1 aliphatic heterocycles. The van der Waals surface area contributed by atoms with Gasteiger partial charge in [-0.05, 0) is 22.0 Å². The summed E-state index contributed by atoms with van der Waals surface area (Å²) in [6.45, 7) is 9.99. The summed E-state index contributed by atoms with van der Waals surface area (Å²) in [7, 11) is 0. The van der Waals surface area contributed by atoms with Crippen LogP contribution in [0.25, 0.3) is 5.65 Å². The van der Waals surface area contributed by atoms with E-state index in [1.54, 1.807) is 0 Å². The molecule has 0 amide bonds. The Morgan fingerprint density at radius 3 is 2.55 bits per heavy atom. The number of rotatable bonds is 1. The molecule has 1 fully saturated rings. The van der Waals surface area contributed by atoms with Crippen molar-refractivity contribution >= 4 is 27.3 Å². The predicted molar refractivity (Wildman–Crippen MR) is 84.6 cm³/mol. The normalized spacial score (nSPS) is 16.9. The monoisotopic (exact) mass is 337 g/mol. The lowest BCUT2D eigenvalue weighted by Crippen LogP contribution is -2.36. The average molecular weight is 338 g/mol. The van der Waals surface area contributed by atoms with E-state index < -0.39 is 0 Å². The number of pyridine rings is 1. The second-order valence-electron chi connectivity index (χ2n) is 6.25. The Balaban J connectivity index is 2.12. The molecule has 0 radical (unpaired) electrons. The smallest absolute Gasteiger partial charge is 0.160 e. The van der Waals surface area contributed by atoms with Crippen molar-refractivity contribution in [2.45, 2.75) is 26.2 Å². The number of anilines is 1. The zero-order valence-electron chi connectivity index (χ0n) is 12.2. The van der Waals surface area contributed by atoms with Crippen molar-refractivity contribution in [3.8, 4) is 0 Å². The van der Waals surface area contributed by atoms with E-state index in [0.717, 1.165) is 42.1 Å². The van der Waals surface area contributed by atoms with Crippen LogP contribution in [0.2, 0.25) is 0 Å². The Kier molecular flexibility index (Phi) is 3.50. The Morgan fingerprint density at radius 2 is 1.90 bits per heavy atom. The van der Waals surface area contributed by atoms with Crippen molar-refractivity contribution in [2.75, 3.05) is 31.2 Å². The number of fused-ring (bicyclic) bond motifs is 1. The first-order valence-corrected chi connectivity index (χ1v) is 7.76. The topological polar surface area (TPSA) is 29.8 Å². The van der Waals surface area contributed by atoms with E-state index in [1.165, 1.54) is 5.69 Å². The van der Waals surface area contributed by atoms with Gasteiger partial charge >= 0.3 is 0 Å². The molecule has 2 aromatic rings. The van der Waals surface area contributed by atoms with Gasteiger partial charge in [0.25, 0.3) is 0 Å². The van der Waals surface area contributed by atoms with Crippen LogP contribution in [0.15, 0.2) is 22.9 Å². The van der Waals surface area contributed by atoms with Crippen molar-refractivity contribution in [1.29, 1.82) is 0 Å². The van der Waals surface area contributed by atoms with Gasteiger partial charge in [-0.1, -0.05) is 20.8 Å². The minimum absolute atomic E-state index is 0.0563. The van der Waals surface area contributed by atoms with Crippen LogP contribution in [0.5, 0.6) is 0 Å². The molecule has 0 aromatic carbocycles. The summed E-state index contributed by atoms with van der Waals surface area (Å²) in [5.74, 6) is 0. The molecule has 3 rings (SSSR count). The summed E-state index contributed by atoms with van der Waals surface area (Å²) in [5.41, 5.74) is 3.38. The third-order valence-electron chi connectivity index (χ3n) is 3.62. The van der Waals surface area contributed by atoms with Crippen molar-refractivity contribution in [3.63, 3.8) is 0 Å². The summed E-state index contributed by atoms with van der Waals surface area (Å²) in [6, 6.07) is 2.15. The number of halogens is 1. The summed E-state index contributed by atoms with van der Waals surface area (Å²) in [4.78, 5) is 7.21. The van der Waals surface area contributed by atoms with Crippen LogP contribution < -0.4 is 4.90 Å². The largest absolute Gasteiger partial charge is 0.378 e. The molecular weight excluding hydrogens is 318 g/mol. The molecule has 0 atom stereocenters. The first kappa shape index (κ1) is 13.9. The fraction of sp³-hybridized carbons (Fsp3) is 0.533. The zero-order chi connectivity index (χ0) is 14.3. The van der Waals surface area contributed by atoms with Gasteiger partial charge in [0.15, 0.2) is 5.65 Å². The molecule has 0 saturated carbocycles. The highest BCUT2D eigenvalue weighted by Crippen LogP contribution is 2.29. The van der Waals surface area contributed by atoms with Crippen molar-refractivity contribution in [1.82, 2.24) is 9.38 Å². The minimum Gasteiger partial charge on any atom is -0.378 e. The van der Waals surface area contributed by atoms with Gasteiger partial charge in [0.2, 0.25) is 0 Å². The van der Waals surface area contributed by atoms with E-state index in [9.17, 15) is 0 Å². The maximum atomic E-state index is 5.44. The molecule has 1 aliphatic rings. The average Bonchev–Trinajstić information content (AvgIpc) is 2.82. The third kappa shape index (κ3) is 2.56. The van der Waals surface area contributed by atoms with Crippen LogP contribution in [0, 0.1) is 0 Å². The first-order chi connectivity index (χ1) is 9.45. The number of ether oxygens (including phenoxy) is 1. The van der Waals surface area contributed by atoms with Gasteiger partial charge in [-0.15, -0.1) is 0 Å². The van der Waals surface area contributed by atoms with Gasteiger partial charge in [-0.2, -0.15) is 0 Å². The molecule has 20 heavy (non-hydrogen) atoms. The fourth-order valence-electron chi connectivity index (χ4n) is 2.45. The molecule has 2 aromatic heterocycles. The molecule has 0 aliphatic carbocycles. The van der Waals surface area contributed by atoms with Gasteiger partial charge in [-0.25, -0.2) is 4.98 Å². The summed E-state index contributed by atoms with van der Waals surface area (Å²) >= 11 is 3.60. The Hall–Kier alpha value is -1.07. The lowest BCUT2D eigenvalue weighted by Gasteiger charge is -2.29. The van der Waals surface area contributed by atoms with Crippen molar-refractivity contribution in [3.05, 3.63) is 28.6 Å². The van der Waals surface area contributed by atoms with Gasteiger partial charge in [0, 0.05) is 35.4 Å². The second-order valence-corrected chi connectivity index (χ2v) is 7.17. The molecule has 0 unspecified atom stereocenters. The van der Waals surface area contributed by atoms with E-state index in [-0.39, 0.29) is 5.41 Å². The first-order valence-electron chi connectivity index (χ1n) is 6.96. The molecular formula is C15H20BrN3O. The highest BCUT2D eigenvalue weighted by Gasteiger charge is 2.21. The second kappa shape index (κ2) is 5.04. The molecule has 4 nitrogen and oxygen atoms in total. The van der Waals surface area contributed by atoms with Crippen LogP contribution >= 0.6 is 15.9 Å². The van der Waals surface area contributed by atoms with E-state index in [0.29, 0.717) is 0 Å². The number of hydrogen-bond acceptors (Lipinski definition) is 3. The Morgan fingerprint density at radius 1 is 1.20 bits per heavy atom. The lowest BCUT2D eigenvalue weighted by molar-refractivity contribution is 0.123. The summed E-state index contributed by atoms with van der Waals surface area (Å²) in [6.07, 6.45) is 4.20. The predicted octanol–water partition coefficient (Wildman–Crippen LogP) is 3.23. The van der Waals surface area contributed by atoms with Crippen LogP contribution in [-0.2, 0) is 10.2 Å². The van der Waals surface area contributed by atoms with Gasteiger partial charge in [-0.3, -0.25) is 0 Å². The number of morpholine rings is 1. The van der Waals surface area contributed by atoms with Crippen molar-refractivity contribution < 1.29 is 4.74 Å². The van der Waals surface area contributed by atoms with E-state index >= 15 is 0 Å². The minimum atomic E-state index is 0.0563. The van der Waals surface area contributed by atoms with Crippen LogP contribution in [0.4, 0.5) is 5.69 Å². The van der Waals surface area contributed by atoms with Crippen LogP contribution in [-0.4, -0.2) is 35.7 Å². The molecule has 1 saturated heterocycles. The number of aromatic nitrogens is 2. The van der Waals surface area contributed by atoms with Crippen LogP contribution in [0.3, 0.4) is 0 Å². The fourth-order valence-corrected chi connectivity index (χ4v) is 2.88. The Labute approximate surface area is 127 Å². The SMILES string of the molecule is CC(C)(C)c1cn2cc(Br)cc(N3CCOCC3)c2n1. The Bertz CT molecular complexity index is 624. The third-order valence-corrected chi connectivity index (χ3v) is 4.05. The van der Waals surface area contributed by atoms with Gasteiger partial charge < -0.3 is 14.0 Å². The zero-order valence-corrected chi connectivity index (χ0v) is 13.8. The maximum Gasteiger partial charge on any atom is 0.160 e. The highest BCUT2D eigenvalue weighted by atomic mass is 79.9. The summed E-state index contributed by atoms with van der Waals surface area (Å²) in [5, 5.41) is 0. The summed E-state index contributed by atoms with van der Waals surface area (Å²) < 4.78 is 8.64. The number of imidazole rings is 1. The molecule has 108 valence electrons. The van der Waals surface area contributed by atoms with Crippen molar-refractivity contribution in [2.24, 2.45) is 0 Å². The van der Waals surface area contributed by atoms with Gasteiger partial charge in [0.1, 0.15) is 0 Å². The molecule has 0 spiro atoms. The maximum absolute atomic E-state index is 5.44. The highest BCUT2D eigenvalue weighted by molar-refractivity contribution is 9.10. The van der Waals surface area contributed by atoms with Gasteiger partial charge in [0.05, 0.1) is 24.6 Å². The number of nitrogens with zero attached hydrogens (tertiary/aromatic N) is 3.